The number of rotatable bonds is 6. The number of amides is 2. The second-order valence-electron chi connectivity index (χ2n) is 5.38. The van der Waals surface area contributed by atoms with Crippen molar-refractivity contribution >= 4 is 23.2 Å². The monoisotopic (exact) mass is 339 g/mol. The molecule has 2 rings (SSSR count). The highest BCUT2D eigenvalue weighted by Gasteiger charge is 2.07. The molecule has 0 radical (unpaired) electrons. The number of phenols is 1. The van der Waals surface area contributed by atoms with Crippen LogP contribution in [0.3, 0.4) is 0 Å². The molecule has 0 saturated carbocycles. The second-order valence-corrected chi connectivity index (χ2v) is 5.38. The minimum Gasteiger partial charge on any atom is -0.508 e. The smallest absolute Gasteiger partial charge is 0.271 e. The largest absolute Gasteiger partial charge is 0.508 e. The Morgan fingerprint density at radius 3 is 2.08 bits per heavy atom. The van der Waals surface area contributed by atoms with Crippen LogP contribution < -0.4 is 10.7 Å². The maximum absolute atomic E-state index is 12.2. The van der Waals surface area contributed by atoms with Crippen molar-refractivity contribution in [2.45, 2.75) is 26.7 Å². The molecular weight excluding hydrogens is 318 g/mol. The van der Waals surface area contributed by atoms with Gasteiger partial charge in [-0.05, 0) is 60.5 Å². The van der Waals surface area contributed by atoms with Gasteiger partial charge < -0.3 is 10.4 Å². The maximum atomic E-state index is 12.2. The molecule has 0 aliphatic carbocycles. The highest BCUT2D eigenvalue weighted by atomic mass is 16.3. The van der Waals surface area contributed by atoms with Crippen LogP contribution >= 0.6 is 0 Å². The van der Waals surface area contributed by atoms with E-state index in [1.807, 2.05) is 6.92 Å². The van der Waals surface area contributed by atoms with Gasteiger partial charge in [-0.3, -0.25) is 9.59 Å². The van der Waals surface area contributed by atoms with Gasteiger partial charge in [-0.2, -0.15) is 5.10 Å². The van der Waals surface area contributed by atoms with E-state index in [-0.39, 0.29) is 17.6 Å². The maximum Gasteiger partial charge on any atom is 0.271 e. The fraction of sp³-hybridized carbons (Fsp3) is 0.211. The Hall–Kier alpha value is -3.15. The third kappa shape index (κ3) is 5.17. The van der Waals surface area contributed by atoms with Crippen LogP contribution in [0.2, 0.25) is 0 Å². The first kappa shape index (κ1) is 18.2. The minimum atomic E-state index is -0.335. The number of anilines is 1. The van der Waals surface area contributed by atoms with Crippen molar-refractivity contribution in [1.82, 2.24) is 5.43 Å². The molecule has 2 amide bonds. The number of benzene rings is 2. The van der Waals surface area contributed by atoms with Gasteiger partial charge in [0.25, 0.3) is 5.91 Å². The lowest BCUT2D eigenvalue weighted by atomic mass is 10.1. The summed E-state index contributed by atoms with van der Waals surface area (Å²) in [7, 11) is 0. The summed E-state index contributed by atoms with van der Waals surface area (Å²) in [5.74, 6) is -0.236. The molecule has 25 heavy (non-hydrogen) atoms. The van der Waals surface area contributed by atoms with Gasteiger partial charge in [0, 0.05) is 17.7 Å². The Balaban J connectivity index is 2.05. The third-order valence-electron chi connectivity index (χ3n) is 3.58. The molecule has 0 heterocycles. The van der Waals surface area contributed by atoms with Crippen LogP contribution in [0.5, 0.6) is 5.75 Å². The molecule has 0 aromatic heterocycles. The summed E-state index contributed by atoms with van der Waals surface area (Å²) in [6, 6.07) is 13.2. The molecule has 6 nitrogen and oxygen atoms in total. The molecule has 6 heteroatoms. The number of aromatic hydroxyl groups is 1. The average molecular weight is 339 g/mol. The quantitative estimate of drug-likeness (QED) is 0.557. The lowest BCUT2D eigenvalue weighted by Gasteiger charge is -2.07. The minimum absolute atomic E-state index is 0.0803. The van der Waals surface area contributed by atoms with E-state index in [9.17, 15) is 14.7 Å². The van der Waals surface area contributed by atoms with E-state index in [1.54, 1.807) is 55.5 Å². The summed E-state index contributed by atoms with van der Waals surface area (Å²) in [5, 5.41) is 16.2. The number of hydrogen-bond donors (Lipinski definition) is 3. The number of nitrogens with one attached hydrogen (secondary N) is 2. The van der Waals surface area contributed by atoms with Gasteiger partial charge in [-0.15, -0.1) is 0 Å². The zero-order chi connectivity index (χ0) is 18.2. The van der Waals surface area contributed by atoms with Crippen molar-refractivity contribution in [3.63, 3.8) is 0 Å². The Labute approximate surface area is 146 Å². The molecule has 2 aromatic rings. The van der Waals surface area contributed by atoms with E-state index >= 15 is 0 Å². The third-order valence-corrected chi connectivity index (χ3v) is 3.58. The van der Waals surface area contributed by atoms with E-state index < -0.39 is 0 Å². The molecule has 0 atom stereocenters. The lowest BCUT2D eigenvalue weighted by Crippen LogP contribution is -2.20. The predicted molar refractivity (Wildman–Crippen MR) is 97.8 cm³/mol. The number of carbonyl (C=O) groups excluding carboxylic acids is 2. The molecule has 0 aliphatic rings. The van der Waals surface area contributed by atoms with Gasteiger partial charge in [0.2, 0.25) is 5.91 Å². The number of hydrogen-bond acceptors (Lipinski definition) is 4. The summed E-state index contributed by atoms with van der Waals surface area (Å²) in [5.41, 5.74) is 5.16. The Kier molecular flexibility index (Phi) is 6.28. The van der Waals surface area contributed by atoms with Crippen molar-refractivity contribution in [2.24, 2.45) is 5.10 Å². The normalized spacial score (nSPS) is 11.0. The lowest BCUT2D eigenvalue weighted by molar-refractivity contribution is -0.115. The van der Waals surface area contributed by atoms with Crippen LogP contribution in [-0.4, -0.2) is 22.6 Å². The van der Waals surface area contributed by atoms with Crippen LogP contribution in [0.15, 0.2) is 53.6 Å². The van der Waals surface area contributed by atoms with Gasteiger partial charge in [-0.1, -0.05) is 13.8 Å². The first-order valence-corrected chi connectivity index (χ1v) is 8.09. The summed E-state index contributed by atoms with van der Waals surface area (Å²) in [6.07, 6.45) is 1.03. The van der Waals surface area contributed by atoms with E-state index in [1.165, 1.54) is 0 Å². The SMILES string of the molecule is CCC(=O)Nc1ccc(C(=O)N/N=C(\CC)c2ccc(O)cc2)cc1. The highest BCUT2D eigenvalue weighted by Crippen LogP contribution is 2.12. The first-order valence-electron chi connectivity index (χ1n) is 8.09. The van der Waals surface area contributed by atoms with Crippen molar-refractivity contribution in [3.05, 3.63) is 59.7 Å². The predicted octanol–water partition coefficient (Wildman–Crippen LogP) is 3.28. The van der Waals surface area contributed by atoms with Crippen LogP contribution in [0, 0.1) is 0 Å². The van der Waals surface area contributed by atoms with Crippen LogP contribution in [0.1, 0.15) is 42.6 Å². The van der Waals surface area contributed by atoms with Crippen LogP contribution in [-0.2, 0) is 4.79 Å². The van der Waals surface area contributed by atoms with Crippen LogP contribution in [0.25, 0.3) is 0 Å². The first-order chi connectivity index (χ1) is 12.0. The molecule has 3 N–H and O–H groups in total. The summed E-state index contributed by atoms with van der Waals surface area (Å²) >= 11 is 0. The highest BCUT2D eigenvalue weighted by molar-refractivity contribution is 6.02. The van der Waals surface area contributed by atoms with Gasteiger partial charge in [0.15, 0.2) is 0 Å². The Bertz CT molecular complexity index is 766. The summed E-state index contributed by atoms with van der Waals surface area (Å²) in [6.45, 7) is 3.71. The standard InChI is InChI=1S/C19H21N3O3/c1-3-17(13-7-11-16(23)12-8-13)21-22-19(25)14-5-9-15(10-6-14)20-18(24)4-2/h5-12,23H,3-4H2,1-2H3,(H,20,24)(H,22,25)/b21-17+. The molecule has 0 bridgehead atoms. The number of carbonyl (C=O) groups is 2. The summed E-state index contributed by atoms with van der Waals surface area (Å²) < 4.78 is 0. The Morgan fingerprint density at radius 1 is 0.920 bits per heavy atom. The fourth-order valence-electron chi connectivity index (χ4n) is 2.14. The van der Waals surface area contributed by atoms with E-state index in [4.69, 9.17) is 0 Å². The zero-order valence-corrected chi connectivity index (χ0v) is 14.2. The molecule has 130 valence electrons. The van der Waals surface area contributed by atoms with Crippen molar-refractivity contribution in [2.75, 3.05) is 5.32 Å². The topological polar surface area (TPSA) is 90.8 Å². The summed E-state index contributed by atoms with van der Waals surface area (Å²) in [4.78, 5) is 23.5. The molecule has 0 spiro atoms. The molecule has 0 saturated heterocycles. The van der Waals surface area contributed by atoms with Crippen molar-refractivity contribution in [3.8, 4) is 5.75 Å². The van der Waals surface area contributed by atoms with Gasteiger partial charge in [0.1, 0.15) is 5.75 Å². The van der Waals surface area contributed by atoms with E-state index in [2.05, 4.69) is 15.8 Å². The molecule has 2 aromatic carbocycles. The average Bonchev–Trinajstić information content (AvgIpc) is 2.63. The van der Waals surface area contributed by atoms with Gasteiger partial charge in [0.05, 0.1) is 5.71 Å². The molecule has 0 aliphatic heterocycles. The second kappa shape index (κ2) is 8.63. The van der Waals surface area contributed by atoms with Crippen molar-refractivity contribution < 1.29 is 14.7 Å². The number of hydrazone groups is 1. The zero-order valence-electron chi connectivity index (χ0n) is 14.2. The number of phenolic OH excluding ortho intramolecular Hbond substituents is 1. The van der Waals surface area contributed by atoms with E-state index in [0.717, 1.165) is 5.56 Å². The number of nitrogens with zero attached hydrogens (tertiary/aromatic N) is 1. The van der Waals surface area contributed by atoms with Gasteiger partial charge >= 0.3 is 0 Å². The fourth-order valence-corrected chi connectivity index (χ4v) is 2.14. The van der Waals surface area contributed by atoms with Gasteiger partial charge in [-0.25, -0.2) is 5.43 Å². The molecular formula is C19H21N3O3. The van der Waals surface area contributed by atoms with Crippen LogP contribution in [0.4, 0.5) is 5.69 Å². The Morgan fingerprint density at radius 2 is 1.52 bits per heavy atom. The molecule has 0 unspecified atom stereocenters. The van der Waals surface area contributed by atoms with Crippen molar-refractivity contribution in [1.29, 1.82) is 0 Å². The molecule has 0 fully saturated rings. The van der Waals surface area contributed by atoms with E-state index in [0.29, 0.717) is 29.8 Å².